The highest BCUT2D eigenvalue weighted by atomic mass is 16.5. The van der Waals surface area contributed by atoms with Crippen LogP contribution in [0.1, 0.15) is 53.0 Å². The summed E-state index contributed by atoms with van der Waals surface area (Å²) in [5.41, 5.74) is 7.09. The average molecular weight is 362 g/mol. The van der Waals surface area contributed by atoms with Gasteiger partial charge in [0, 0.05) is 29.3 Å². The molecule has 27 heavy (non-hydrogen) atoms. The van der Waals surface area contributed by atoms with Crippen molar-refractivity contribution in [3.63, 3.8) is 0 Å². The fraction of sp³-hybridized carbons (Fsp3) is 0.348. The molecule has 1 atom stereocenters. The Balaban J connectivity index is 1.64. The lowest BCUT2D eigenvalue weighted by atomic mass is 9.91. The third-order valence-corrected chi connectivity index (χ3v) is 5.50. The van der Waals surface area contributed by atoms with Crippen molar-refractivity contribution in [2.75, 3.05) is 11.9 Å². The van der Waals surface area contributed by atoms with Crippen molar-refractivity contribution >= 4 is 22.6 Å². The molecule has 1 heterocycles. The molecule has 0 amide bonds. The quantitative estimate of drug-likeness (QED) is 0.653. The molecule has 4 heteroatoms. The van der Waals surface area contributed by atoms with Gasteiger partial charge in [0.25, 0.3) is 0 Å². The number of nitrogens with zero attached hydrogens (tertiary/aromatic N) is 1. The zero-order valence-electron chi connectivity index (χ0n) is 16.2. The third-order valence-electron chi connectivity index (χ3n) is 5.50. The molecular formula is C23H26N2O2. The SMILES string of the molecule is CCOC(=O)c1ccc(NC2CCCc3c2n(C)c2ccc(C)cc32)cc1. The summed E-state index contributed by atoms with van der Waals surface area (Å²) >= 11 is 0. The predicted octanol–water partition coefficient (Wildman–Crippen LogP) is 5.15. The van der Waals surface area contributed by atoms with Gasteiger partial charge in [-0.25, -0.2) is 4.79 Å². The zero-order valence-corrected chi connectivity index (χ0v) is 16.2. The topological polar surface area (TPSA) is 43.3 Å². The van der Waals surface area contributed by atoms with E-state index in [0.717, 1.165) is 18.5 Å². The van der Waals surface area contributed by atoms with Crippen molar-refractivity contribution in [1.82, 2.24) is 4.57 Å². The molecule has 4 nitrogen and oxygen atoms in total. The van der Waals surface area contributed by atoms with Crippen molar-refractivity contribution in [2.45, 2.75) is 39.2 Å². The Morgan fingerprint density at radius 3 is 2.74 bits per heavy atom. The van der Waals surface area contributed by atoms with Gasteiger partial charge in [0.05, 0.1) is 18.2 Å². The van der Waals surface area contributed by atoms with Gasteiger partial charge in [-0.05, 0) is 75.1 Å². The monoisotopic (exact) mass is 362 g/mol. The Bertz CT molecular complexity index is 986. The van der Waals surface area contributed by atoms with Crippen LogP contribution in [0.15, 0.2) is 42.5 Å². The van der Waals surface area contributed by atoms with Crippen LogP contribution in [-0.4, -0.2) is 17.1 Å². The molecule has 0 bridgehead atoms. The van der Waals surface area contributed by atoms with E-state index in [2.05, 4.69) is 42.1 Å². The summed E-state index contributed by atoms with van der Waals surface area (Å²) in [6.45, 7) is 4.37. The predicted molar refractivity (Wildman–Crippen MR) is 109 cm³/mol. The fourth-order valence-corrected chi connectivity index (χ4v) is 4.24. The van der Waals surface area contributed by atoms with Crippen molar-refractivity contribution in [1.29, 1.82) is 0 Å². The highest BCUT2D eigenvalue weighted by Gasteiger charge is 2.26. The number of benzene rings is 2. The van der Waals surface area contributed by atoms with Gasteiger partial charge in [-0.1, -0.05) is 11.6 Å². The second-order valence-electron chi connectivity index (χ2n) is 7.33. The Morgan fingerprint density at radius 2 is 2.00 bits per heavy atom. The largest absolute Gasteiger partial charge is 0.462 e. The van der Waals surface area contributed by atoms with Crippen LogP contribution in [0.25, 0.3) is 10.9 Å². The maximum atomic E-state index is 11.8. The molecule has 3 aromatic rings. The van der Waals surface area contributed by atoms with Crippen molar-refractivity contribution in [2.24, 2.45) is 7.05 Å². The number of fused-ring (bicyclic) bond motifs is 3. The fourth-order valence-electron chi connectivity index (χ4n) is 4.24. The number of esters is 1. The van der Waals surface area contributed by atoms with E-state index < -0.39 is 0 Å². The van der Waals surface area contributed by atoms with Crippen LogP contribution >= 0.6 is 0 Å². The average Bonchev–Trinajstić information content (AvgIpc) is 2.95. The van der Waals surface area contributed by atoms with Crippen molar-refractivity contribution in [3.05, 3.63) is 64.8 Å². The highest BCUT2D eigenvalue weighted by molar-refractivity contribution is 5.90. The molecule has 1 aliphatic carbocycles. The number of aromatic nitrogens is 1. The number of carbonyl (C=O) groups is 1. The number of hydrogen-bond acceptors (Lipinski definition) is 3. The lowest BCUT2D eigenvalue weighted by Gasteiger charge is -2.26. The van der Waals surface area contributed by atoms with Gasteiger partial charge < -0.3 is 14.6 Å². The van der Waals surface area contributed by atoms with Crippen LogP contribution < -0.4 is 5.32 Å². The van der Waals surface area contributed by atoms with Crippen molar-refractivity contribution in [3.8, 4) is 0 Å². The zero-order chi connectivity index (χ0) is 19.0. The van der Waals surface area contributed by atoms with Gasteiger partial charge in [0.2, 0.25) is 0 Å². The summed E-state index contributed by atoms with van der Waals surface area (Å²) < 4.78 is 7.40. The molecule has 1 aromatic heterocycles. The van der Waals surface area contributed by atoms with Gasteiger partial charge in [-0.3, -0.25) is 0 Å². The van der Waals surface area contributed by atoms with Crippen LogP contribution in [-0.2, 0) is 18.2 Å². The maximum absolute atomic E-state index is 11.8. The van der Waals surface area contributed by atoms with Crippen LogP contribution in [0.2, 0.25) is 0 Å². The summed E-state index contributed by atoms with van der Waals surface area (Å²) in [5.74, 6) is -0.270. The van der Waals surface area contributed by atoms with Gasteiger partial charge in [-0.2, -0.15) is 0 Å². The van der Waals surface area contributed by atoms with E-state index in [-0.39, 0.29) is 12.0 Å². The molecule has 0 saturated carbocycles. The van der Waals surface area contributed by atoms with Gasteiger partial charge in [0.15, 0.2) is 0 Å². The van der Waals surface area contributed by atoms with Crippen molar-refractivity contribution < 1.29 is 9.53 Å². The lowest BCUT2D eigenvalue weighted by Crippen LogP contribution is -2.19. The van der Waals surface area contributed by atoms with Gasteiger partial charge in [0.1, 0.15) is 0 Å². The summed E-state index contributed by atoms with van der Waals surface area (Å²) in [5, 5.41) is 5.06. The number of nitrogens with one attached hydrogen (secondary N) is 1. The highest BCUT2D eigenvalue weighted by Crippen LogP contribution is 2.38. The first-order valence-corrected chi connectivity index (χ1v) is 9.70. The first-order chi connectivity index (χ1) is 13.1. The van der Waals surface area contributed by atoms with Crippen LogP contribution in [0.3, 0.4) is 0 Å². The number of hydrogen-bond donors (Lipinski definition) is 1. The first kappa shape index (κ1) is 17.7. The van der Waals surface area contributed by atoms with E-state index in [0.29, 0.717) is 12.2 Å². The van der Waals surface area contributed by atoms with Gasteiger partial charge >= 0.3 is 5.97 Å². The Hall–Kier alpha value is -2.75. The molecule has 0 saturated heterocycles. The molecule has 4 rings (SSSR count). The number of ether oxygens (including phenoxy) is 1. The molecule has 0 spiro atoms. The minimum Gasteiger partial charge on any atom is -0.462 e. The van der Waals surface area contributed by atoms with E-state index >= 15 is 0 Å². The summed E-state index contributed by atoms with van der Waals surface area (Å²) in [6.07, 6.45) is 3.42. The molecule has 0 radical (unpaired) electrons. The second-order valence-corrected chi connectivity index (χ2v) is 7.33. The number of rotatable bonds is 4. The first-order valence-electron chi connectivity index (χ1n) is 9.70. The van der Waals surface area contributed by atoms with E-state index in [1.807, 2.05) is 31.2 Å². The number of anilines is 1. The minimum atomic E-state index is -0.270. The second kappa shape index (κ2) is 7.10. The Labute approximate surface area is 160 Å². The van der Waals surface area contributed by atoms with E-state index in [4.69, 9.17) is 4.74 Å². The molecule has 2 aromatic carbocycles. The maximum Gasteiger partial charge on any atom is 0.338 e. The van der Waals surface area contributed by atoms with E-state index in [1.54, 1.807) is 0 Å². The van der Waals surface area contributed by atoms with E-state index in [1.165, 1.54) is 34.1 Å². The minimum absolute atomic E-state index is 0.270. The molecule has 1 aliphatic rings. The molecule has 140 valence electrons. The molecule has 0 aliphatic heterocycles. The van der Waals surface area contributed by atoms with Crippen LogP contribution in [0.5, 0.6) is 0 Å². The third kappa shape index (κ3) is 3.20. The molecule has 0 fully saturated rings. The number of aryl methyl sites for hydroxylation is 3. The lowest BCUT2D eigenvalue weighted by molar-refractivity contribution is 0.0526. The van der Waals surface area contributed by atoms with Gasteiger partial charge in [-0.15, -0.1) is 0 Å². The number of carbonyl (C=O) groups excluding carboxylic acids is 1. The van der Waals surface area contributed by atoms with Crippen LogP contribution in [0.4, 0.5) is 5.69 Å². The smallest absolute Gasteiger partial charge is 0.338 e. The summed E-state index contributed by atoms with van der Waals surface area (Å²) in [7, 11) is 2.17. The summed E-state index contributed by atoms with van der Waals surface area (Å²) in [6, 6.07) is 14.6. The summed E-state index contributed by atoms with van der Waals surface area (Å²) in [4.78, 5) is 11.8. The normalized spacial score (nSPS) is 16.2. The van der Waals surface area contributed by atoms with E-state index in [9.17, 15) is 4.79 Å². The molecular weight excluding hydrogens is 336 g/mol. The Morgan fingerprint density at radius 1 is 1.22 bits per heavy atom. The Kier molecular flexibility index (Phi) is 4.65. The standard InChI is InChI=1S/C23H26N2O2/c1-4-27-23(26)16-9-11-17(12-10-16)24-20-7-5-6-18-19-14-15(2)8-13-21(19)25(3)22(18)20/h8-14,20,24H,4-7H2,1-3H3. The molecule has 1 N–H and O–H groups in total. The molecule has 1 unspecified atom stereocenters. The van der Waals surface area contributed by atoms with Crippen LogP contribution in [0, 0.1) is 6.92 Å².